The number of rotatable bonds is 3. The summed E-state index contributed by atoms with van der Waals surface area (Å²) in [5, 5.41) is 5.25. The second-order valence-corrected chi connectivity index (χ2v) is 9.00. The number of sulfonamides is 1. The molecule has 4 rings (SSSR count). The molecule has 0 spiro atoms. The molecule has 0 saturated carbocycles. The Morgan fingerprint density at radius 2 is 1.83 bits per heavy atom. The molecule has 2 aromatic rings. The van der Waals surface area contributed by atoms with E-state index in [0.29, 0.717) is 36.6 Å². The smallest absolute Gasteiger partial charge is 0.254 e. The third kappa shape index (κ3) is 3.95. The van der Waals surface area contributed by atoms with Gasteiger partial charge in [-0.3, -0.25) is 4.79 Å². The number of benzene rings is 2. The SMILES string of the molecule is Cc1ccc(S(N)(=O)=O)cc1C(=O)N1CCC[C@H]1c1ccc2c(c1)OCCCO2. The summed E-state index contributed by atoms with van der Waals surface area (Å²) >= 11 is 0. The second-order valence-electron chi connectivity index (χ2n) is 7.43. The third-order valence-electron chi connectivity index (χ3n) is 5.44. The summed E-state index contributed by atoms with van der Waals surface area (Å²) < 4.78 is 34.9. The van der Waals surface area contributed by atoms with Crippen LogP contribution in [0.5, 0.6) is 11.5 Å². The maximum absolute atomic E-state index is 13.3. The van der Waals surface area contributed by atoms with Crippen molar-refractivity contribution in [2.75, 3.05) is 19.8 Å². The van der Waals surface area contributed by atoms with E-state index < -0.39 is 10.0 Å². The number of amides is 1. The zero-order valence-electron chi connectivity index (χ0n) is 16.3. The van der Waals surface area contributed by atoms with Crippen LogP contribution in [0.25, 0.3) is 0 Å². The van der Waals surface area contributed by atoms with Crippen LogP contribution in [0.4, 0.5) is 0 Å². The van der Waals surface area contributed by atoms with Crippen molar-refractivity contribution in [3.05, 3.63) is 53.1 Å². The molecule has 0 aliphatic carbocycles. The van der Waals surface area contributed by atoms with Gasteiger partial charge in [-0.15, -0.1) is 0 Å². The lowest BCUT2D eigenvalue weighted by Gasteiger charge is -2.26. The fourth-order valence-corrected chi connectivity index (χ4v) is 4.45. The van der Waals surface area contributed by atoms with E-state index in [0.717, 1.165) is 30.6 Å². The molecule has 2 aromatic carbocycles. The van der Waals surface area contributed by atoms with Crippen LogP contribution in [0.2, 0.25) is 0 Å². The van der Waals surface area contributed by atoms with Crippen molar-refractivity contribution in [2.24, 2.45) is 5.14 Å². The van der Waals surface area contributed by atoms with Gasteiger partial charge in [0.15, 0.2) is 11.5 Å². The number of carbonyl (C=O) groups is 1. The lowest BCUT2D eigenvalue weighted by atomic mass is 10.0. The molecule has 8 heteroatoms. The van der Waals surface area contributed by atoms with Crippen LogP contribution >= 0.6 is 0 Å². The van der Waals surface area contributed by atoms with Crippen molar-refractivity contribution < 1.29 is 22.7 Å². The minimum Gasteiger partial charge on any atom is -0.490 e. The van der Waals surface area contributed by atoms with Crippen LogP contribution in [-0.2, 0) is 10.0 Å². The van der Waals surface area contributed by atoms with Crippen molar-refractivity contribution >= 4 is 15.9 Å². The van der Waals surface area contributed by atoms with Gasteiger partial charge in [0.25, 0.3) is 5.91 Å². The lowest BCUT2D eigenvalue weighted by molar-refractivity contribution is 0.0734. The Balaban J connectivity index is 1.66. The predicted octanol–water partition coefficient (Wildman–Crippen LogP) is 2.78. The van der Waals surface area contributed by atoms with Gasteiger partial charge in [-0.1, -0.05) is 12.1 Å². The molecular formula is C21H24N2O5S. The molecule has 1 saturated heterocycles. The maximum atomic E-state index is 13.3. The largest absolute Gasteiger partial charge is 0.490 e. The van der Waals surface area contributed by atoms with Crippen LogP contribution in [0.1, 0.15) is 46.8 Å². The van der Waals surface area contributed by atoms with Gasteiger partial charge in [0, 0.05) is 18.5 Å². The fraction of sp³-hybridized carbons (Fsp3) is 0.381. The Hall–Kier alpha value is -2.58. The van der Waals surface area contributed by atoms with Crippen molar-refractivity contribution in [2.45, 2.75) is 37.1 Å². The summed E-state index contributed by atoms with van der Waals surface area (Å²) in [4.78, 5) is 15.1. The van der Waals surface area contributed by atoms with Gasteiger partial charge < -0.3 is 14.4 Å². The Bertz CT molecular complexity index is 1050. The van der Waals surface area contributed by atoms with E-state index in [1.54, 1.807) is 17.9 Å². The first kappa shape index (κ1) is 19.7. The number of primary sulfonamides is 1. The number of fused-ring (bicyclic) bond motifs is 1. The molecule has 1 atom stereocenters. The molecule has 7 nitrogen and oxygen atoms in total. The minimum absolute atomic E-state index is 0.0576. The number of nitrogens with zero attached hydrogens (tertiary/aromatic N) is 1. The van der Waals surface area contributed by atoms with Gasteiger partial charge in [-0.05, 0) is 55.2 Å². The van der Waals surface area contributed by atoms with E-state index >= 15 is 0 Å². The average molecular weight is 416 g/mol. The summed E-state index contributed by atoms with van der Waals surface area (Å²) in [6, 6.07) is 10.1. The van der Waals surface area contributed by atoms with Crippen molar-refractivity contribution in [1.29, 1.82) is 0 Å². The number of hydrogen-bond acceptors (Lipinski definition) is 5. The zero-order valence-corrected chi connectivity index (χ0v) is 17.1. The Labute approximate surface area is 170 Å². The van der Waals surface area contributed by atoms with Crippen LogP contribution in [0, 0.1) is 6.92 Å². The van der Waals surface area contributed by atoms with E-state index in [4.69, 9.17) is 14.6 Å². The second kappa shape index (κ2) is 7.68. The summed E-state index contributed by atoms with van der Waals surface area (Å²) in [6.45, 7) is 3.62. The average Bonchev–Trinajstić information content (AvgIpc) is 3.05. The van der Waals surface area contributed by atoms with Crippen molar-refractivity contribution in [3.63, 3.8) is 0 Å². The lowest BCUT2D eigenvalue weighted by Crippen LogP contribution is -2.31. The highest BCUT2D eigenvalue weighted by Crippen LogP contribution is 2.38. The summed E-state index contributed by atoms with van der Waals surface area (Å²) in [5.41, 5.74) is 2.06. The molecular weight excluding hydrogens is 392 g/mol. The standard InChI is InChI=1S/C21H24N2O5S/c1-14-5-7-16(29(22,25)26)13-17(14)21(24)23-9-2-4-18(23)15-6-8-19-20(12-15)28-11-3-10-27-19/h5-8,12-13,18H,2-4,9-11H2,1H3,(H2,22,25,26)/t18-/m0/s1. The molecule has 2 aliphatic rings. The molecule has 1 amide bonds. The van der Waals surface area contributed by atoms with E-state index in [2.05, 4.69) is 0 Å². The Kier molecular flexibility index (Phi) is 5.23. The number of hydrogen-bond donors (Lipinski definition) is 1. The highest BCUT2D eigenvalue weighted by Gasteiger charge is 2.32. The van der Waals surface area contributed by atoms with Crippen LogP contribution in [0.3, 0.4) is 0 Å². The summed E-state index contributed by atoms with van der Waals surface area (Å²) in [6.07, 6.45) is 2.54. The molecule has 154 valence electrons. The van der Waals surface area contributed by atoms with Crippen molar-refractivity contribution in [3.8, 4) is 11.5 Å². The number of aryl methyl sites for hydroxylation is 1. The minimum atomic E-state index is -3.88. The van der Waals surface area contributed by atoms with Gasteiger partial charge in [0.05, 0.1) is 24.2 Å². The predicted molar refractivity (Wildman–Crippen MR) is 108 cm³/mol. The van der Waals surface area contributed by atoms with Gasteiger partial charge >= 0.3 is 0 Å². The summed E-state index contributed by atoms with van der Waals surface area (Å²) in [5.74, 6) is 1.23. The number of carbonyl (C=O) groups excluding carboxylic acids is 1. The molecule has 2 heterocycles. The zero-order chi connectivity index (χ0) is 20.6. The van der Waals surface area contributed by atoms with Gasteiger partial charge in [-0.25, -0.2) is 13.6 Å². The van der Waals surface area contributed by atoms with Gasteiger partial charge in [-0.2, -0.15) is 0 Å². The Morgan fingerprint density at radius 3 is 2.59 bits per heavy atom. The van der Waals surface area contributed by atoms with Gasteiger partial charge in [0.1, 0.15) is 0 Å². The molecule has 0 radical (unpaired) electrons. The molecule has 0 unspecified atom stereocenters. The highest BCUT2D eigenvalue weighted by atomic mass is 32.2. The fourth-order valence-electron chi connectivity index (χ4n) is 3.91. The highest BCUT2D eigenvalue weighted by molar-refractivity contribution is 7.89. The summed E-state index contributed by atoms with van der Waals surface area (Å²) in [7, 11) is -3.88. The van der Waals surface area contributed by atoms with Gasteiger partial charge in [0.2, 0.25) is 10.0 Å². The van der Waals surface area contributed by atoms with Crippen LogP contribution in [-0.4, -0.2) is 39.0 Å². The molecule has 0 bridgehead atoms. The molecule has 0 aromatic heterocycles. The maximum Gasteiger partial charge on any atom is 0.254 e. The van der Waals surface area contributed by atoms with E-state index in [9.17, 15) is 13.2 Å². The number of nitrogens with two attached hydrogens (primary N) is 1. The third-order valence-corrected chi connectivity index (χ3v) is 6.35. The normalized spacial score (nSPS) is 19.1. The van der Waals surface area contributed by atoms with Crippen LogP contribution in [0.15, 0.2) is 41.3 Å². The number of ether oxygens (including phenoxy) is 2. The van der Waals surface area contributed by atoms with E-state index in [1.165, 1.54) is 12.1 Å². The Morgan fingerprint density at radius 1 is 1.07 bits per heavy atom. The molecule has 2 aliphatic heterocycles. The first-order chi connectivity index (χ1) is 13.8. The first-order valence-corrected chi connectivity index (χ1v) is 11.2. The van der Waals surface area contributed by atoms with Crippen LogP contribution < -0.4 is 14.6 Å². The topological polar surface area (TPSA) is 98.9 Å². The monoisotopic (exact) mass is 416 g/mol. The first-order valence-electron chi connectivity index (χ1n) is 9.68. The van der Waals surface area contributed by atoms with E-state index in [-0.39, 0.29) is 16.8 Å². The van der Waals surface area contributed by atoms with E-state index in [1.807, 2.05) is 18.2 Å². The van der Waals surface area contributed by atoms with Crippen molar-refractivity contribution in [1.82, 2.24) is 4.90 Å². The molecule has 29 heavy (non-hydrogen) atoms. The number of likely N-dealkylation sites (tertiary alicyclic amines) is 1. The quantitative estimate of drug-likeness (QED) is 0.830. The molecule has 2 N–H and O–H groups in total. The molecule has 1 fully saturated rings.